The highest BCUT2D eigenvalue weighted by molar-refractivity contribution is 5.76. The predicted octanol–water partition coefficient (Wildman–Crippen LogP) is 2.22. The van der Waals surface area contributed by atoms with E-state index in [2.05, 4.69) is 19.2 Å². The van der Waals surface area contributed by atoms with Crippen LogP contribution in [0, 0.1) is 0 Å². The van der Waals surface area contributed by atoms with Crippen LogP contribution in [0.2, 0.25) is 0 Å². The lowest BCUT2D eigenvalue weighted by molar-refractivity contribution is 0.201. The largest absolute Gasteiger partial charge is 0.493 e. The number of hydrogen-bond donors (Lipinski definition) is 1. The minimum atomic E-state index is -0.0179. The van der Waals surface area contributed by atoms with Crippen LogP contribution in [0.4, 0.5) is 4.79 Å². The second-order valence-corrected chi connectivity index (χ2v) is 5.13. The topological polar surface area (TPSA) is 50.8 Å². The third-order valence-corrected chi connectivity index (χ3v) is 3.42. The summed E-state index contributed by atoms with van der Waals surface area (Å²) in [5.74, 6) is 1.91. The zero-order valence-electron chi connectivity index (χ0n) is 12.3. The number of carbonyl (C=O) groups is 1. The van der Waals surface area contributed by atoms with Crippen molar-refractivity contribution < 1.29 is 14.3 Å². The summed E-state index contributed by atoms with van der Waals surface area (Å²) in [6.45, 7) is 6.78. The Bertz CT molecular complexity index is 474. The van der Waals surface area contributed by atoms with Crippen LogP contribution in [-0.4, -0.2) is 44.3 Å². The Balaban J connectivity index is 1.93. The zero-order chi connectivity index (χ0) is 14.5. The molecule has 5 nitrogen and oxygen atoms in total. The van der Waals surface area contributed by atoms with Gasteiger partial charge in [0.05, 0.1) is 13.7 Å². The molecule has 1 fully saturated rings. The van der Waals surface area contributed by atoms with E-state index in [1.807, 2.05) is 18.2 Å². The van der Waals surface area contributed by atoms with E-state index in [9.17, 15) is 4.79 Å². The van der Waals surface area contributed by atoms with Crippen LogP contribution < -0.4 is 14.8 Å². The molecule has 20 heavy (non-hydrogen) atoms. The van der Waals surface area contributed by atoms with Crippen molar-refractivity contribution >= 4 is 6.03 Å². The fourth-order valence-electron chi connectivity index (χ4n) is 2.15. The highest BCUT2D eigenvalue weighted by Gasteiger charge is 2.19. The van der Waals surface area contributed by atoms with E-state index in [1.54, 1.807) is 12.0 Å². The summed E-state index contributed by atoms with van der Waals surface area (Å²) in [6, 6.07) is 5.96. The van der Waals surface area contributed by atoms with Gasteiger partial charge in [-0.1, -0.05) is 19.9 Å². The molecule has 2 amide bonds. The Hall–Kier alpha value is -1.91. The number of carbonyl (C=O) groups excluding carboxylic acids is 1. The van der Waals surface area contributed by atoms with Gasteiger partial charge in [0.25, 0.3) is 0 Å². The van der Waals surface area contributed by atoms with Crippen molar-refractivity contribution in [3.63, 3.8) is 0 Å². The number of benzene rings is 1. The molecule has 0 saturated carbocycles. The fourth-order valence-corrected chi connectivity index (χ4v) is 2.15. The van der Waals surface area contributed by atoms with E-state index < -0.39 is 0 Å². The molecular weight excluding hydrogens is 256 g/mol. The predicted molar refractivity (Wildman–Crippen MR) is 77.5 cm³/mol. The van der Waals surface area contributed by atoms with Gasteiger partial charge in [-0.3, -0.25) is 0 Å². The van der Waals surface area contributed by atoms with Crippen molar-refractivity contribution in [2.75, 3.05) is 33.4 Å². The van der Waals surface area contributed by atoms with E-state index in [4.69, 9.17) is 9.47 Å². The SMILES string of the molecule is COc1cc(C(C)C)ccc1OCCN1CCNC1=O. The Morgan fingerprint density at radius 1 is 1.35 bits per heavy atom. The van der Waals surface area contributed by atoms with Gasteiger partial charge in [0.1, 0.15) is 6.61 Å². The number of rotatable bonds is 6. The first kappa shape index (κ1) is 14.5. The molecular formula is C15H22N2O3. The summed E-state index contributed by atoms with van der Waals surface area (Å²) < 4.78 is 11.1. The minimum Gasteiger partial charge on any atom is -0.493 e. The first-order valence-corrected chi connectivity index (χ1v) is 6.95. The molecule has 0 aromatic heterocycles. The molecule has 5 heteroatoms. The number of ether oxygens (including phenoxy) is 2. The lowest BCUT2D eigenvalue weighted by atomic mass is 10.0. The number of urea groups is 1. The molecule has 1 aromatic rings. The number of hydrogen-bond acceptors (Lipinski definition) is 3. The van der Waals surface area contributed by atoms with Gasteiger partial charge in [-0.15, -0.1) is 0 Å². The molecule has 0 atom stereocenters. The normalized spacial score (nSPS) is 14.6. The van der Waals surface area contributed by atoms with Crippen LogP contribution >= 0.6 is 0 Å². The van der Waals surface area contributed by atoms with Crippen LogP contribution in [0.5, 0.6) is 11.5 Å². The van der Waals surface area contributed by atoms with Gasteiger partial charge >= 0.3 is 6.03 Å². The van der Waals surface area contributed by atoms with E-state index in [0.29, 0.717) is 25.6 Å². The lowest BCUT2D eigenvalue weighted by Gasteiger charge is -2.16. The number of methoxy groups -OCH3 is 1. The standard InChI is InChI=1S/C15H22N2O3/c1-11(2)12-4-5-13(14(10-12)19-3)20-9-8-17-7-6-16-15(17)18/h4-5,10-11H,6-9H2,1-3H3,(H,16,18). The van der Waals surface area contributed by atoms with Crippen LogP contribution in [0.25, 0.3) is 0 Å². The van der Waals surface area contributed by atoms with Gasteiger partial charge in [-0.25, -0.2) is 4.79 Å². The highest BCUT2D eigenvalue weighted by Crippen LogP contribution is 2.30. The van der Waals surface area contributed by atoms with Gasteiger partial charge < -0.3 is 19.7 Å². The van der Waals surface area contributed by atoms with Gasteiger partial charge in [0.2, 0.25) is 0 Å². The second kappa shape index (κ2) is 6.50. The summed E-state index contributed by atoms with van der Waals surface area (Å²) in [4.78, 5) is 13.1. The van der Waals surface area contributed by atoms with Crippen LogP contribution in [-0.2, 0) is 0 Å². The van der Waals surface area contributed by atoms with Gasteiger partial charge in [-0.2, -0.15) is 0 Å². The number of nitrogens with one attached hydrogen (secondary N) is 1. The third-order valence-electron chi connectivity index (χ3n) is 3.42. The van der Waals surface area contributed by atoms with Crippen molar-refractivity contribution in [1.82, 2.24) is 10.2 Å². The maximum absolute atomic E-state index is 11.4. The maximum Gasteiger partial charge on any atom is 0.317 e. The zero-order valence-corrected chi connectivity index (χ0v) is 12.3. The quantitative estimate of drug-likeness (QED) is 0.868. The van der Waals surface area contributed by atoms with Crippen LogP contribution in [0.1, 0.15) is 25.3 Å². The molecule has 0 radical (unpaired) electrons. The van der Waals surface area contributed by atoms with Crippen molar-refractivity contribution in [3.8, 4) is 11.5 Å². The molecule has 0 bridgehead atoms. The summed E-state index contributed by atoms with van der Waals surface area (Å²) in [5.41, 5.74) is 1.22. The molecule has 2 rings (SSSR count). The number of nitrogens with zero attached hydrogens (tertiary/aromatic N) is 1. The highest BCUT2D eigenvalue weighted by atomic mass is 16.5. The molecule has 1 aliphatic heterocycles. The van der Waals surface area contributed by atoms with Crippen molar-refractivity contribution in [2.45, 2.75) is 19.8 Å². The molecule has 0 spiro atoms. The van der Waals surface area contributed by atoms with Crippen molar-refractivity contribution in [1.29, 1.82) is 0 Å². The fraction of sp³-hybridized carbons (Fsp3) is 0.533. The summed E-state index contributed by atoms with van der Waals surface area (Å²) >= 11 is 0. The monoisotopic (exact) mass is 278 g/mol. The second-order valence-electron chi connectivity index (χ2n) is 5.13. The molecule has 1 saturated heterocycles. The Labute approximate surface area is 119 Å². The van der Waals surface area contributed by atoms with Crippen LogP contribution in [0.15, 0.2) is 18.2 Å². The van der Waals surface area contributed by atoms with Gasteiger partial charge in [-0.05, 0) is 23.6 Å². The molecule has 1 aliphatic rings. The van der Waals surface area contributed by atoms with E-state index in [0.717, 1.165) is 18.0 Å². The number of amides is 2. The molecule has 110 valence electrons. The van der Waals surface area contributed by atoms with Crippen LogP contribution in [0.3, 0.4) is 0 Å². The molecule has 1 N–H and O–H groups in total. The first-order chi connectivity index (χ1) is 9.61. The Kier molecular flexibility index (Phi) is 4.71. The van der Waals surface area contributed by atoms with E-state index in [-0.39, 0.29) is 6.03 Å². The van der Waals surface area contributed by atoms with Crippen molar-refractivity contribution in [3.05, 3.63) is 23.8 Å². The first-order valence-electron chi connectivity index (χ1n) is 6.95. The minimum absolute atomic E-state index is 0.0179. The average Bonchev–Trinajstić information content (AvgIpc) is 2.84. The summed E-state index contributed by atoms with van der Waals surface area (Å²) in [5, 5.41) is 2.77. The lowest BCUT2D eigenvalue weighted by Crippen LogP contribution is -2.31. The molecule has 1 heterocycles. The van der Waals surface area contributed by atoms with Gasteiger partial charge in [0.15, 0.2) is 11.5 Å². The molecule has 0 aliphatic carbocycles. The Morgan fingerprint density at radius 3 is 2.75 bits per heavy atom. The summed E-state index contributed by atoms with van der Waals surface area (Å²) in [6.07, 6.45) is 0. The average molecular weight is 278 g/mol. The summed E-state index contributed by atoms with van der Waals surface area (Å²) in [7, 11) is 1.64. The third kappa shape index (κ3) is 3.35. The maximum atomic E-state index is 11.4. The molecule has 1 aromatic carbocycles. The molecule has 0 unspecified atom stereocenters. The van der Waals surface area contributed by atoms with E-state index in [1.165, 1.54) is 5.56 Å². The Morgan fingerprint density at radius 2 is 2.15 bits per heavy atom. The van der Waals surface area contributed by atoms with Crippen molar-refractivity contribution in [2.24, 2.45) is 0 Å². The van der Waals surface area contributed by atoms with E-state index >= 15 is 0 Å². The smallest absolute Gasteiger partial charge is 0.317 e. The van der Waals surface area contributed by atoms with Gasteiger partial charge in [0, 0.05) is 13.1 Å².